The third-order valence-electron chi connectivity index (χ3n) is 3.96. The van der Waals surface area contributed by atoms with Gasteiger partial charge in [0, 0.05) is 23.1 Å². The van der Waals surface area contributed by atoms with Gasteiger partial charge in [0.15, 0.2) is 0 Å². The largest absolute Gasteiger partial charge is 0.345 e. The van der Waals surface area contributed by atoms with Crippen LogP contribution >= 0.6 is 0 Å². The van der Waals surface area contributed by atoms with Crippen molar-refractivity contribution in [2.45, 2.75) is 20.8 Å². The van der Waals surface area contributed by atoms with Crippen LogP contribution in [0.4, 0.5) is 16.0 Å². The first-order chi connectivity index (χ1) is 12.9. The molecule has 0 saturated carbocycles. The summed E-state index contributed by atoms with van der Waals surface area (Å²) < 4.78 is 13.8. The van der Waals surface area contributed by atoms with Crippen molar-refractivity contribution in [1.29, 1.82) is 0 Å². The van der Waals surface area contributed by atoms with E-state index in [-0.39, 0.29) is 18.1 Å². The number of halogens is 1. The molecule has 2 aromatic heterocycles. The first-order valence-corrected chi connectivity index (χ1v) is 8.50. The van der Waals surface area contributed by atoms with E-state index in [0.29, 0.717) is 11.6 Å². The van der Waals surface area contributed by atoms with Crippen molar-refractivity contribution in [2.75, 3.05) is 17.2 Å². The van der Waals surface area contributed by atoms with Gasteiger partial charge >= 0.3 is 0 Å². The third-order valence-corrected chi connectivity index (χ3v) is 3.96. The predicted molar refractivity (Wildman–Crippen MR) is 103 cm³/mol. The number of amides is 1. The van der Waals surface area contributed by atoms with Crippen molar-refractivity contribution in [3.05, 3.63) is 65.4 Å². The number of carbonyl (C=O) groups is 1. The van der Waals surface area contributed by atoms with Crippen molar-refractivity contribution < 1.29 is 9.18 Å². The van der Waals surface area contributed by atoms with Gasteiger partial charge in [-0.05, 0) is 56.7 Å². The van der Waals surface area contributed by atoms with Crippen LogP contribution in [0.3, 0.4) is 0 Å². The van der Waals surface area contributed by atoms with Gasteiger partial charge in [0.2, 0.25) is 11.9 Å². The number of anilines is 2. The number of hydrogen-bond donors (Lipinski definition) is 2. The van der Waals surface area contributed by atoms with Crippen molar-refractivity contribution in [1.82, 2.24) is 15.0 Å². The van der Waals surface area contributed by atoms with E-state index in [9.17, 15) is 9.18 Å². The molecule has 27 heavy (non-hydrogen) atoms. The number of benzene rings is 1. The molecule has 7 heteroatoms. The fraction of sp³-hybridized carbons (Fsp3) is 0.200. The minimum absolute atomic E-state index is 0.0814. The number of rotatable bonds is 5. The van der Waals surface area contributed by atoms with Gasteiger partial charge in [0.25, 0.3) is 0 Å². The Labute approximate surface area is 156 Å². The number of hydrogen-bond acceptors (Lipinski definition) is 5. The van der Waals surface area contributed by atoms with Crippen LogP contribution in [0.1, 0.15) is 17.0 Å². The Hall–Kier alpha value is -3.35. The lowest BCUT2D eigenvalue weighted by molar-refractivity contribution is -0.114. The normalized spacial score (nSPS) is 10.5. The summed E-state index contributed by atoms with van der Waals surface area (Å²) in [6.45, 7) is 5.55. The second kappa shape index (κ2) is 7.90. The molecule has 0 aliphatic carbocycles. The highest BCUT2D eigenvalue weighted by atomic mass is 19.1. The van der Waals surface area contributed by atoms with E-state index in [1.54, 1.807) is 25.3 Å². The minimum atomic E-state index is -0.469. The summed E-state index contributed by atoms with van der Waals surface area (Å²) in [4.78, 5) is 25.0. The number of aromatic nitrogens is 3. The lowest BCUT2D eigenvalue weighted by Gasteiger charge is -2.10. The monoisotopic (exact) mass is 365 g/mol. The second-order valence-electron chi connectivity index (χ2n) is 6.24. The lowest BCUT2D eigenvalue weighted by atomic mass is 10.1. The van der Waals surface area contributed by atoms with Crippen molar-refractivity contribution in [2.24, 2.45) is 0 Å². The number of nitrogens with one attached hydrogen (secondary N) is 2. The summed E-state index contributed by atoms with van der Waals surface area (Å²) in [6, 6.07) is 10.3. The van der Waals surface area contributed by atoms with Crippen molar-refractivity contribution in [3.63, 3.8) is 0 Å². The van der Waals surface area contributed by atoms with E-state index >= 15 is 0 Å². The van der Waals surface area contributed by atoms with Gasteiger partial charge in [-0.25, -0.2) is 14.4 Å². The van der Waals surface area contributed by atoms with Crippen LogP contribution in [-0.2, 0) is 4.79 Å². The molecule has 3 rings (SSSR count). The zero-order valence-electron chi connectivity index (χ0n) is 15.4. The molecule has 3 aromatic rings. The van der Waals surface area contributed by atoms with Gasteiger partial charge in [-0.3, -0.25) is 9.78 Å². The SMILES string of the molecule is Cc1ccc(NC(=O)CNc2nccc(-c3ccc(C)nc3C)n2)c(F)c1. The molecule has 0 unspecified atom stereocenters. The summed E-state index contributed by atoms with van der Waals surface area (Å²) in [5.74, 6) is -0.545. The predicted octanol–water partition coefficient (Wildman–Crippen LogP) is 3.65. The maximum atomic E-state index is 13.8. The quantitative estimate of drug-likeness (QED) is 0.721. The third kappa shape index (κ3) is 4.63. The summed E-state index contributed by atoms with van der Waals surface area (Å²) in [6.07, 6.45) is 1.61. The molecule has 0 aliphatic rings. The van der Waals surface area contributed by atoms with Crippen LogP contribution in [0, 0.1) is 26.6 Å². The Bertz CT molecular complexity index is 990. The average Bonchev–Trinajstić information content (AvgIpc) is 2.63. The lowest BCUT2D eigenvalue weighted by Crippen LogP contribution is -2.23. The Balaban J connectivity index is 1.67. The van der Waals surface area contributed by atoms with Crippen LogP contribution in [0.2, 0.25) is 0 Å². The minimum Gasteiger partial charge on any atom is -0.345 e. The molecule has 0 aliphatic heterocycles. The number of carbonyl (C=O) groups excluding carboxylic acids is 1. The Morgan fingerprint density at radius 2 is 1.89 bits per heavy atom. The van der Waals surface area contributed by atoms with E-state index in [1.165, 1.54) is 12.1 Å². The zero-order valence-corrected chi connectivity index (χ0v) is 15.4. The van der Waals surface area contributed by atoms with Gasteiger partial charge in [-0.1, -0.05) is 6.07 Å². The molecular formula is C20H20FN5O. The van der Waals surface area contributed by atoms with Crippen molar-refractivity contribution >= 4 is 17.5 Å². The number of aryl methyl sites for hydroxylation is 3. The van der Waals surface area contributed by atoms with E-state index in [0.717, 1.165) is 22.5 Å². The molecule has 6 nitrogen and oxygen atoms in total. The smallest absolute Gasteiger partial charge is 0.243 e. The van der Waals surface area contributed by atoms with Crippen LogP contribution in [0.5, 0.6) is 0 Å². The summed E-state index contributed by atoms with van der Waals surface area (Å²) >= 11 is 0. The summed E-state index contributed by atoms with van der Waals surface area (Å²) in [5, 5.41) is 5.39. The molecule has 2 heterocycles. The van der Waals surface area contributed by atoms with Gasteiger partial charge in [-0.15, -0.1) is 0 Å². The maximum Gasteiger partial charge on any atom is 0.243 e. The molecule has 2 N–H and O–H groups in total. The van der Waals surface area contributed by atoms with Gasteiger partial charge in [0.05, 0.1) is 17.9 Å². The second-order valence-corrected chi connectivity index (χ2v) is 6.24. The fourth-order valence-electron chi connectivity index (χ4n) is 2.63. The summed E-state index contributed by atoms with van der Waals surface area (Å²) in [5.41, 5.74) is 4.34. The molecule has 0 fully saturated rings. The first-order valence-electron chi connectivity index (χ1n) is 8.50. The first kappa shape index (κ1) is 18.4. The maximum absolute atomic E-state index is 13.8. The number of pyridine rings is 1. The molecule has 0 radical (unpaired) electrons. The van der Waals surface area contributed by atoms with Gasteiger partial charge in [-0.2, -0.15) is 0 Å². The van der Waals surface area contributed by atoms with Gasteiger partial charge in [0.1, 0.15) is 5.82 Å². The van der Waals surface area contributed by atoms with Crippen LogP contribution in [0.25, 0.3) is 11.3 Å². The van der Waals surface area contributed by atoms with Crippen LogP contribution in [-0.4, -0.2) is 27.4 Å². The number of nitrogens with zero attached hydrogens (tertiary/aromatic N) is 3. The average molecular weight is 365 g/mol. The molecule has 0 bridgehead atoms. The highest BCUT2D eigenvalue weighted by molar-refractivity contribution is 5.93. The molecule has 0 spiro atoms. The molecular weight excluding hydrogens is 345 g/mol. The topological polar surface area (TPSA) is 79.8 Å². The van der Waals surface area contributed by atoms with E-state index in [4.69, 9.17) is 0 Å². The van der Waals surface area contributed by atoms with Gasteiger partial charge < -0.3 is 10.6 Å². The Morgan fingerprint density at radius 3 is 2.63 bits per heavy atom. The molecule has 0 saturated heterocycles. The fourth-order valence-corrected chi connectivity index (χ4v) is 2.63. The molecule has 1 aromatic carbocycles. The molecule has 138 valence electrons. The summed E-state index contributed by atoms with van der Waals surface area (Å²) in [7, 11) is 0. The highest BCUT2D eigenvalue weighted by Gasteiger charge is 2.09. The highest BCUT2D eigenvalue weighted by Crippen LogP contribution is 2.21. The standard InChI is InChI=1S/C20H20FN5O/c1-12-4-7-18(16(21)10-12)25-19(27)11-23-20-22-9-8-17(26-20)15-6-5-13(2)24-14(15)3/h4-10H,11H2,1-3H3,(H,25,27)(H,22,23,26). The van der Waals surface area contributed by atoms with E-state index in [1.807, 2.05) is 26.0 Å². The molecule has 1 amide bonds. The van der Waals surface area contributed by atoms with E-state index in [2.05, 4.69) is 25.6 Å². The Morgan fingerprint density at radius 1 is 1.07 bits per heavy atom. The Kier molecular flexibility index (Phi) is 5.40. The van der Waals surface area contributed by atoms with E-state index < -0.39 is 5.82 Å². The zero-order chi connectivity index (χ0) is 19.4. The van der Waals surface area contributed by atoms with Crippen LogP contribution < -0.4 is 10.6 Å². The van der Waals surface area contributed by atoms with Crippen LogP contribution in [0.15, 0.2) is 42.6 Å². The van der Waals surface area contributed by atoms with Crippen molar-refractivity contribution in [3.8, 4) is 11.3 Å². The molecule has 0 atom stereocenters.